The monoisotopic (exact) mass is 389 g/mol. The standard InChI is InChI=1S/C20H21F2N3O3/c1-10(2)17(25-19(27)13-6-4-5-7-14(13)21)20(28)24-16-9-12(18(23)26)8-15(22)11(16)3/h4-10,17H,1-3H3,(H2,23,26)(H,24,28)(H,25,27). The highest BCUT2D eigenvalue weighted by Crippen LogP contribution is 2.21. The zero-order valence-corrected chi connectivity index (χ0v) is 15.7. The zero-order valence-electron chi connectivity index (χ0n) is 15.7. The van der Waals surface area contributed by atoms with Gasteiger partial charge in [0.1, 0.15) is 17.7 Å². The number of carbonyl (C=O) groups excluding carboxylic acids is 3. The molecule has 1 atom stereocenters. The largest absolute Gasteiger partial charge is 0.366 e. The lowest BCUT2D eigenvalue weighted by Crippen LogP contribution is -2.47. The first kappa shape index (κ1) is 21.0. The molecule has 0 aliphatic heterocycles. The highest BCUT2D eigenvalue weighted by Gasteiger charge is 2.26. The van der Waals surface area contributed by atoms with Crippen molar-refractivity contribution in [2.75, 3.05) is 5.32 Å². The maximum Gasteiger partial charge on any atom is 0.254 e. The van der Waals surface area contributed by atoms with E-state index in [1.165, 1.54) is 31.2 Å². The van der Waals surface area contributed by atoms with E-state index in [2.05, 4.69) is 10.6 Å². The molecule has 4 N–H and O–H groups in total. The van der Waals surface area contributed by atoms with E-state index in [9.17, 15) is 23.2 Å². The molecule has 28 heavy (non-hydrogen) atoms. The van der Waals surface area contributed by atoms with Crippen LogP contribution in [0.5, 0.6) is 0 Å². The molecule has 2 aromatic rings. The van der Waals surface area contributed by atoms with Crippen molar-refractivity contribution < 1.29 is 23.2 Å². The smallest absolute Gasteiger partial charge is 0.254 e. The van der Waals surface area contributed by atoms with Gasteiger partial charge in [0.05, 0.1) is 5.56 Å². The lowest BCUT2D eigenvalue weighted by atomic mass is 10.0. The average molecular weight is 389 g/mol. The molecule has 2 rings (SSSR count). The number of primary amides is 1. The Hall–Kier alpha value is -3.29. The fraction of sp³-hybridized carbons (Fsp3) is 0.250. The highest BCUT2D eigenvalue weighted by atomic mass is 19.1. The van der Waals surface area contributed by atoms with E-state index in [0.29, 0.717) is 0 Å². The van der Waals surface area contributed by atoms with E-state index in [4.69, 9.17) is 5.73 Å². The molecule has 2 aromatic carbocycles. The summed E-state index contributed by atoms with van der Waals surface area (Å²) >= 11 is 0. The molecule has 0 fully saturated rings. The summed E-state index contributed by atoms with van der Waals surface area (Å²) in [6, 6.07) is 6.61. The maximum atomic E-state index is 14.0. The summed E-state index contributed by atoms with van der Waals surface area (Å²) in [7, 11) is 0. The summed E-state index contributed by atoms with van der Waals surface area (Å²) in [4.78, 5) is 36.4. The first-order valence-electron chi connectivity index (χ1n) is 8.58. The number of benzene rings is 2. The molecule has 3 amide bonds. The van der Waals surface area contributed by atoms with Gasteiger partial charge in [-0.15, -0.1) is 0 Å². The molecule has 0 saturated carbocycles. The van der Waals surface area contributed by atoms with Crippen LogP contribution in [0.4, 0.5) is 14.5 Å². The minimum atomic E-state index is -1.02. The van der Waals surface area contributed by atoms with Gasteiger partial charge in [0, 0.05) is 16.8 Å². The Balaban J connectivity index is 2.26. The van der Waals surface area contributed by atoms with E-state index in [1.54, 1.807) is 13.8 Å². The van der Waals surface area contributed by atoms with Crippen LogP contribution in [-0.4, -0.2) is 23.8 Å². The fourth-order valence-electron chi connectivity index (χ4n) is 2.56. The van der Waals surface area contributed by atoms with Crippen molar-refractivity contribution in [2.24, 2.45) is 11.7 Å². The van der Waals surface area contributed by atoms with Crippen LogP contribution in [0.1, 0.15) is 40.1 Å². The van der Waals surface area contributed by atoms with Gasteiger partial charge in [0.25, 0.3) is 5.91 Å². The minimum absolute atomic E-state index is 0.0598. The molecule has 0 heterocycles. The van der Waals surface area contributed by atoms with Gasteiger partial charge in [-0.05, 0) is 37.1 Å². The number of nitrogens with one attached hydrogen (secondary N) is 2. The molecular weight excluding hydrogens is 368 g/mol. The number of nitrogens with two attached hydrogens (primary N) is 1. The van der Waals surface area contributed by atoms with Crippen molar-refractivity contribution in [1.82, 2.24) is 5.32 Å². The van der Waals surface area contributed by atoms with Crippen LogP contribution in [0.2, 0.25) is 0 Å². The molecule has 0 aliphatic carbocycles. The summed E-state index contributed by atoms with van der Waals surface area (Å²) in [6.07, 6.45) is 0. The fourth-order valence-corrected chi connectivity index (χ4v) is 2.56. The second-order valence-electron chi connectivity index (χ2n) is 6.66. The third-order valence-corrected chi connectivity index (χ3v) is 4.24. The Morgan fingerprint density at radius 3 is 2.25 bits per heavy atom. The van der Waals surface area contributed by atoms with Crippen molar-refractivity contribution in [3.8, 4) is 0 Å². The lowest BCUT2D eigenvalue weighted by Gasteiger charge is -2.22. The molecule has 0 aliphatic rings. The van der Waals surface area contributed by atoms with E-state index >= 15 is 0 Å². The molecule has 1 unspecified atom stereocenters. The predicted octanol–water partition coefficient (Wildman–Crippen LogP) is 2.77. The summed E-state index contributed by atoms with van der Waals surface area (Å²) in [5, 5.41) is 4.99. The van der Waals surface area contributed by atoms with Crippen molar-refractivity contribution in [1.29, 1.82) is 0 Å². The predicted molar refractivity (Wildman–Crippen MR) is 101 cm³/mol. The summed E-state index contributed by atoms with van der Waals surface area (Å²) in [5.41, 5.74) is 5.05. The number of amides is 3. The molecule has 0 saturated heterocycles. The Bertz CT molecular complexity index is 929. The van der Waals surface area contributed by atoms with Crippen LogP contribution in [0, 0.1) is 24.5 Å². The van der Waals surface area contributed by atoms with Gasteiger partial charge in [-0.3, -0.25) is 14.4 Å². The number of rotatable bonds is 6. The first-order valence-corrected chi connectivity index (χ1v) is 8.58. The summed E-state index contributed by atoms with van der Waals surface area (Å²) < 4.78 is 27.8. The van der Waals surface area contributed by atoms with Gasteiger partial charge in [0.15, 0.2) is 0 Å². The van der Waals surface area contributed by atoms with E-state index in [1.807, 2.05) is 0 Å². The van der Waals surface area contributed by atoms with Gasteiger partial charge in [-0.25, -0.2) is 8.78 Å². The third kappa shape index (κ3) is 4.70. The Morgan fingerprint density at radius 2 is 1.68 bits per heavy atom. The zero-order chi connectivity index (χ0) is 21.0. The van der Waals surface area contributed by atoms with Gasteiger partial charge >= 0.3 is 0 Å². The second kappa shape index (κ2) is 8.60. The van der Waals surface area contributed by atoms with Gasteiger partial charge in [-0.2, -0.15) is 0 Å². The Morgan fingerprint density at radius 1 is 1.04 bits per heavy atom. The molecule has 0 aromatic heterocycles. The number of anilines is 1. The van der Waals surface area contributed by atoms with E-state index in [-0.39, 0.29) is 28.3 Å². The first-order chi connectivity index (χ1) is 13.1. The molecule has 6 nitrogen and oxygen atoms in total. The molecule has 0 bridgehead atoms. The van der Waals surface area contributed by atoms with E-state index < -0.39 is 35.4 Å². The van der Waals surface area contributed by atoms with Crippen LogP contribution in [0.25, 0.3) is 0 Å². The normalized spacial score (nSPS) is 11.8. The molecular formula is C20H21F2N3O3. The quantitative estimate of drug-likeness (QED) is 0.708. The van der Waals surface area contributed by atoms with Crippen LogP contribution in [0.15, 0.2) is 36.4 Å². The summed E-state index contributed by atoms with van der Waals surface area (Å²) in [6.45, 7) is 4.82. The average Bonchev–Trinajstić information content (AvgIpc) is 2.62. The third-order valence-electron chi connectivity index (χ3n) is 4.24. The van der Waals surface area contributed by atoms with E-state index in [0.717, 1.165) is 12.1 Å². The Kier molecular flexibility index (Phi) is 6.45. The second-order valence-corrected chi connectivity index (χ2v) is 6.66. The molecule has 148 valence electrons. The van der Waals surface area contributed by atoms with Crippen LogP contribution < -0.4 is 16.4 Å². The molecule has 8 heteroatoms. The molecule has 0 spiro atoms. The number of carbonyl (C=O) groups is 3. The SMILES string of the molecule is Cc1c(F)cc(C(N)=O)cc1NC(=O)C(NC(=O)c1ccccc1F)C(C)C. The van der Waals surface area contributed by atoms with Crippen LogP contribution >= 0.6 is 0 Å². The van der Waals surface area contributed by atoms with Crippen LogP contribution in [-0.2, 0) is 4.79 Å². The van der Waals surface area contributed by atoms with Gasteiger partial charge in [0.2, 0.25) is 11.8 Å². The van der Waals surface area contributed by atoms with Gasteiger partial charge in [-0.1, -0.05) is 26.0 Å². The number of halogens is 2. The van der Waals surface area contributed by atoms with Crippen LogP contribution in [0.3, 0.4) is 0 Å². The molecule has 0 radical (unpaired) electrons. The number of hydrogen-bond donors (Lipinski definition) is 3. The van der Waals surface area contributed by atoms with Crippen molar-refractivity contribution in [3.05, 3.63) is 64.7 Å². The minimum Gasteiger partial charge on any atom is -0.366 e. The topological polar surface area (TPSA) is 101 Å². The number of hydrogen-bond acceptors (Lipinski definition) is 3. The van der Waals surface area contributed by atoms with Crippen molar-refractivity contribution >= 4 is 23.4 Å². The summed E-state index contributed by atoms with van der Waals surface area (Å²) in [5.74, 6) is -3.99. The maximum absolute atomic E-state index is 14.0. The van der Waals surface area contributed by atoms with Crippen molar-refractivity contribution in [2.45, 2.75) is 26.8 Å². The van der Waals surface area contributed by atoms with Gasteiger partial charge < -0.3 is 16.4 Å². The van der Waals surface area contributed by atoms with Crippen molar-refractivity contribution in [3.63, 3.8) is 0 Å². The Labute approximate surface area is 161 Å². The lowest BCUT2D eigenvalue weighted by molar-refractivity contribution is -0.118. The highest BCUT2D eigenvalue weighted by molar-refractivity contribution is 6.02.